The third-order valence-corrected chi connectivity index (χ3v) is 8.39. The quantitative estimate of drug-likeness (QED) is 0.244. The maximum absolute atomic E-state index is 13.9. The third kappa shape index (κ3) is 10.3. The number of carbonyl (C=O) groups is 2. The summed E-state index contributed by atoms with van der Waals surface area (Å²) in [5.74, 6) is -0.146. The average molecular weight is 643 g/mol. The Kier molecular flexibility index (Phi) is 12.0. The summed E-state index contributed by atoms with van der Waals surface area (Å²) in [4.78, 5) is 29.1. The van der Waals surface area contributed by atoms with E-state index in [-0.39, 0.29) is 37.2 Å². The fourth-order valence-electron chi connectivity index (χ4n) is 4.55. The van der Waals surface area contributed by atoms with E-state index in [2.05, 4.69) is 21.2 Å². The molecule has 0 fully saturated rings. The third-order valence-electron chi connectivity index (χ3n) is 6.66. The van der Waals surface area contributed by atoms with E-state index in [0.29, 0.717) is 25.1 Å². The van der Waals surface area contributed by atoms with Crippen LogP contribution in [-0.2, 0) is 32.6 Å². The molecule has 1 atom stereocenters. The minimum absolute atomic E-state index is 0.0944. The lowest BCUT2D eigenvalue weighted by molar-refractivity contribution is -0.141. The van der Waals surface area contributed by atoms with Crippen LogP contribution in [0.5, 0.6) is 0 Å². The molecule has 0 aliphatic carbocycles. The number of rotatable bonds is 14. The first-order valence-electron chi connectivity index (χ1n) is 13.8. The van der Waals surface area contributed by atoms with Crippen LogP contribution in [0.25, 0.3) is 0 Å². The van der Waals surface area contributed by atoms with Crippen LogP contribution in [0.2, 0.25) is 0 Å². The molecule has 9 heteroatoms. The zero-order valence-electron chi connectivity index (χ0n) is 24.2. The van der Waals surface area contributed by atoms with Gasteiger partial charge in [-0.25, -0.2) is 8.42 Å². The van der Waals surface area contributed by atoms with Gasteiger partial charge in [0.15, 0.2) is 0 Å². The number of nitrogens with zero attached hydrogens (tertiary/aromatic N) is 2. The lowest BCUT2D eigenvalue weighted by Gasteiger charge is -2.32. The van der Waals surface area contributed by atoms with Crippen LogP contribution in [0.3, 0.4) is 0 Å². The van der Waals surface area contributed by atoms with Gasteiger partial charge in [-0.1, -0.05) is 84.4 Å². The van der Waals surface area contributed by atoms with Crippen molar-refractivity contribution in [1.82, 2.24) is 10.2 Å². The predicted octanol–water partition coefficient (Wildman–Crippen LogP) is 5.72. The molecule has 0 aliphatic rings. The molecule has 1 N–H and O–H groups in total. The SMILES string of the molecule is Cc1cccc(N(CCCC(=O)N(Cc2ccc(Br)cc2)[C@H](Cc2ccccc2)C(=O)NCC(C)C)S(C)(=O)=O)c1. The van der Waals surface area contributed by atoms with Crippen LogP contribution >= 0.6 is 15.9 Å². The largest absolute Gasteiger partial charge is 0.354 e. The van der Waals surface area contributed by atoms with Crippen LogP contribution in [0, 0.1) is 12.8 Å². The summed E-state index contributed by atoms with van der Waals surface area (Å²) < 4.78 is 27.5. The number of benzene rings is 3. The molecule has 0 unspecified atom stereocenters. The number of hydrogen-bond acceptors (Lipinski definition) is 4. The normalized spacial score (nSPS) is 12.1. The van der Waals surface area contributed by atoms with E-state index in [9.17, 15) is 18.0 Å². The summed E-state index contributed by atoms with van der Waals surface area (Å²) in [6, 6.07) is 23.9. The molecule has 0 bridgehead atoms. The van der Waals surface area contributed by atoms with Gasteiger partial charge in [-0.3, -0.25) is 13.9 Å². The monoisotopic (exact) mass is 641 g/mol. The maximum atomic E-state index is 13.9. The Labute approximate surface area is 253 Å². The Balaban J connectivity index is 1.87. The Bertz CT molecular complexity index is 1400. The highest BCUT2D eigenvalue weighted by molar-refractivity contribution is 9.10. The molecule has 3 aromatic rings. The lowest BCUT2D eigenvalue weighted by atomic mass is 10.0. The van der Waals surface area contributed by atoms with Gasteiger partial charge in [0.05, 0.1) is 11.9 Å². The van der Waals surface area contributed by atoms with Crippen molar-refractivity contribution in [1.29, 1.82) is 0 Å². The van der Waals surface area contributed by atoms with Gasteiger partial charge in [-0.05, 0) is 60.2 Å². The second kappa shape index (κ2) is 15.2. The first-order valence-corrected chi connectivity index (χ1v) is 16.5. The fourth-order valence-corrected chi connectivity index (χ4v) is 5.77. The Morgan fingerprint density at radius 2 is 1.61 bits per heavy atom. The zero-order valence-corrected chi connectivity index (χ0v) is 26.6. The smallest absolute Gasteiger partial charge is 0.243 e. The van der Waals surface area contributed by atoms with Crippen molar-refractivity contribution in [2.45, 2.75) is 52.6 Å². The summed E-state index contributed by atoms with van der Waals surface area (Å²) in [6.45, 7) is 6.88. The molecule has 0 spiro atoms. The summed E-state index contributed by atoms with van der Waals surface area (Å²) in [6.07, 6.45) is 1.94. The van der Waals surface area contributed by atoms with E-state index in [1.165, 1.54) is 10.6 Å². The fraction of sp³-hybridized carbons (Fsp3) is 0.375. The molecule has 7 nitrogen and oxygen atoms in total. The van der Waals surface area contributed by atoms with Gasteiger partial charge in [0.2, 0.25) is 21.8 Å². The highest BCUT2D eigenvalue weighted by Crippen LogP contribution is 2.21. The summed E-state index contributed by atoms with van der Waals surface area (Å²) >= 11 is 3.46. The molecule has 0 aliphatic heterocycles. The van der Waals surface area contributed by atoms with Gasteiger partial charge in [0, 0.05) is 36.9 Å². The first kappa shape index (κ1) is 32.3. The minimum Gasteiger partial charge on any atom is -0.354 e. The van der Waals surface area contributed by atoms with Gasteiger partial charge in [-0.15, -0.1) is 0 Å². The number of carbonyl (C=O) groups excluding carboxylic acids is 2. The van der Waals surface area contributed by atoms with E-state index in [1.54, 1.807) is 11.0 Å². The Morgan fingerprint density at radius 3 is 2.22 bits per heavy atom. The van der Waals surface area contributed by atoms with Crippen LogP contribution in [0.15, 0.2) is 83.3 Å². The molecule has 0 saturated heterocycles. The Morgan fingerprint density at radius 1 is 0.927 bits per heavy atom. The molecule has 0 aromatic heterocycles. The maximum Gasteiger partial charge on any atom is 0.243 e. The highest BCUT2D eigenvalue weighted by Gasteiger charge is 2.30. The van der Waals surface area contributed by atoms with Gasteiger partial charge >= 0.3 is 0 Å². The highest BCUT2D eigenvalue weighted by atomic mass is 79.9. The second-order valence-corrected chi connectivity index (χ2v) is 13.6. The van der Waals surface area contributed by atoms with Crippen molar-refractivity contribution in [2.24, 2.45) is 5.92 Å². The van der Waals surface area contributed by atoms with E-state index in [4.69, 9.17) is 0 Å². The summed E-state index contributed by atoms with van der Waals surface area (Å²) in [5, 5.41) is 3.03. The first-order chi connectivity index (χ1) is 19.4. The van der Waals surface area contributed by atoms with Gasteiger partial charge < -0.3 is 10.2 Å². The van der Waals surface area contributed by atoms with Crippen molar-refractivity contribution in [3.8, 4) is 0 Å². The van der Waals surface area contributed by atoms with Gasteiger partial charge in [0.25, 0.3) is 0 Å². The van der Waals surface area contributed by atoms with Crippen molar-refractivity contribution >= 4 is 43.5 Å². The molecule has 0 radical (unpaired) electrons. The molecule has 3 rings (SSSR count). The van der Waals surface area contributed by atoms with Crippen molar-refractivity contribution in [3.05, 3.63) is 100 Å². The molecule has 220 valence electrons. The van der Waals surface area contributed by atoms with Gasteiger partial charge in [-0.2, -0.15) is 0 Å². The zero-order chi connectivity index (χ0) is 30.0. The van der Waals surface area contributed by atoms with Crippen molar-refractivity contribution < 1.29 is 18.0 Å². The second-order valence-electron chi connectivity index (χ2n) is 10.8. The van der Waals surface area contributed by atoms with Crippen LogP contribution in [0.1, 0.15) is 43.4 Å². The number of amides is 2. The van der Waals surface area contributed by atoms with E-state index in [0.717, 1.165) is 21.2 Å². The van der Waals surface area contributed by atoms with Crippen LogP contribution in [0.4, 0.5) is 5.69 Å². The van der Waals surface area contributed by atoms with E-state index in [1.807, 2.05) is 93.6 Å². The number of nitrogens with one attached hydrogen (secondary N) is 1. The lowest BCUT2D eigenvalue weighted by Crippen LogP contribution is -2.51. The van der Waals surface area contributed by atoms with Crippen LogP contribution < -0.4 is 9.62 Å². The number of sulfonamides is 1. The average Bonchev–Trinajstić information content (AvgIpc) is 2.92. The topological polar surface area (TPSA) is 86.8 Å². The number of halogens is 1. The van der Waals surface area contributed by atoms with Crippen molar-refractivity contribution in [3.63, 3.8) is 0 Å². The molecular formula is C32H40BrN3O4S. The van der Waals surface area contributed by atoms with Gasteiger partial charge in [0.1, 0.15) is 6.04 Å². The minimum atomic E-state index is -3.55. The predicted molar refractivity (Wildman–Crippen MR) is 169 cm³/mol. The van der Waals surface area contributed by atoms with E-state index < -0.39 is 16.1 Å². The number of anilines is 1. The van der Waals surface area contributed by atoms with Crippen LogP contribution in [-0.4, -0.2) is 50.5 Å². The molecule has 0 heterocycles. The molecule has 3 aromatic carbocycles. The molecular weight excluding hydrogens is 602 g/mol. The summed E-state index contributed by atoms with van der Waals surface area (Å²) in [7, 11) is -3.55. The van der Waals surface area contributed by atoms with Crippen molar-refractivity contribution in [2.75, 3.05) is 23.7 Å². The Hall–Kier alpha value is -3.17. The number of aryl methyl sites for hydroxylation is 1. The van der Waals surface area contributed by atoms with E-state index >= 15 is 0 Å². The molecule has 41 heavy (non-hydrogen) atoms. The summed E-state index contributed by atoms with van der Waals surface area (Å²) in [5.41, 5.74) is 3.37. The molecule has 2 amide bonds. The molecule has 0 saturated carbocycles. The number of hydrogen-bond donors (Lipinski definition) is 1. The standard InChI is InChI=1S/C32H40BrN3O4S/c1-24(2)22-34-32(38)30(21-26-11-6-5-7-12-26)35(23-27-15-17-28(33)18-16-27)31(37)14-9-19-36(41(4,39)40)29-13-8-10-25(3)20-29/h5-8,10-13,15-18,20,24,30H,9,14,19,21-23H2,1-4H3,(H,34,38)/t30-/m1/s1.